The first-order chi connectivity index (χ1) is 27.4. The molecule has 332 valence electrons. The van der Waals surface area contributed by atoms with Gasteiger partial charge < -0.3 is 19.8 Å². The predicted molar refractivity (Wildman–Crippen MR) is 252 cm³/mol. The summed E-state index contributed by atoms with van der Waals surface area (Å²) in [4.78, 5) is 20.4. The SMILES string of the molecule is CCCCC/C=C/C/C=C/CCCCCCCC(=O)[O-].CCCCC/C=C/C/C=C/CCCCCCCC(=O)[O-].[CH2]CCCCCCC.[CH2]CCCCCCC.[Sn+2]. The van der Waals surface area contributed by atoms with E-state index in [0.717, 1.165) is 77.0 Å². The summed E-state index contributed by atoms with van der Waals surface area (Å²) >= 11 is 0. The quantitative estimate of drug-likeness (QED) is 0.0351. The standard InChI is InChI=1S/2C18H32O2.2C8H17.Sn/c2*1-2-3-4-5-6-7-8-9-10-11-12-13-14-15-16-17-18(19)20;2*1-3-5-7-8-6-4-2;/h2*6-7,9-10H,2-5,8,11-17H2,1H3,(H,19,20);2*1,3-8H2,2H3;/q;;;;+2/p-2/b2*7-6+,10-9+;;;. The van der Waals surface area contributed by atoms with Crippen LogP contribution in [0.1, 0.15) is 259 Å². The van der Waals surface area contributed by atoms with Crippen LogP contribution >= 0.6 is 0 Å². The molecule has 0 amide bonds. The number of rotatable bonds is 38. The second-order valence-corrected chi connectivity index (χ2v) is 15.2. The average molecular weight is 904 g/mol. The first kappa shape index (κ1) is 64.8. The first-order valence-corrected chi connectivity index (χ1v) is 24.0. The van der Waals surface area contributed by atoms with Crippen LogP contribution in [0.3, 0.4) is 0 Å². The molecule has 0 heterocycles. The Morgan fingerprint density at radius 2 is 0.579 bits per heavy atom. The number of allylic oxidation sites excluding steroid dienone is 8. The van der Waals surface area contributed by atoms with Gasteiger partial charge in [-0.25, -0.2) is 0 Å². The Hall–Kier alpha value is -1.30. The maximum Gasteiger partial charge on any atom is 2.00 e. The third-order valence-electron chi connectivity index (χ3n) is 9.37. The van der Waals surface area contributed by atoms with E-state index >= 15 is 0 Å². The van der Waals surface area contributed by atoms with Crippen LogP contribution in [0, 0.1) is 13.8 Å². The topological polar surface area (TPSA) is 80.3 Å². The van der Waals surface area contributed by atoms with Crippen molar-refractivity contribution in [2.24, 2.45) is 0 Å². The van der Waals surface area contributed by atoms with Gasteiger partial charge in [0.1, 0.15) is 0 Å². The molecule has 0 N–H and O–H groups in total. The molecular weight excluding hydrogens is 807 g/mol. The number of carbonyl (C=O) groups is 2. The largest absolute Gasteiger partial charge is 2.00 e. The van der Waals surface area contributed by atoms with Gasteiger partial charge in [0, 0.05) is 11.9 Å². The summed E-state index contributed by atoms with van der Waals surface area (Å²) in [6, 6.07) is 0. The zero-order valence-electron chi connectivity index (χ0n) is 38.6. The molecule has 0 bridgehead atoms. The summed E-state index contributed by atoms with van der Waals surface area (Å²) < 4.78 is 0. The third-order valence-corrected chi connectivity index (χ3v) is 9.37. The van der Waals surface area contributed by atoms with Crippen LogP contribution in [0.2, 0.25) is 0 Å². The Labute approximate surface area is 375 Å². The van der Waals surface area contributed by atoms with Crippen molar-refractivity contribution in [2.45, 2.75) is 259 Å². The fourth-order valence-corrected chi connectivity index (χ4v) is 5.72. The molecule has 0 aromatic heterocycles. The van der Waals surface area contributed by atoms with Crippen molar-refractivity contribution < 1.29 is 19.8 Å². The van der Waals surface area contributed by atoms with Crippen LogP contribution in [-0.4, -0.2) is 35.8 Å². The zero-order valence-corrected chi connectivity index (χ0v) is 41.5. The molecule has 57 heavy (non-hydrogen) atoms. The van der Waals surface area contributed by atoms with Crippen LogP contribution in [0.15, 0.2) is 48.6 Å². The Morgan fingerprint density at radius 1 is 0.351 bits per heavy atom. The monoisotopic (exact) mass is 905 g/mol. The smallest absolute Gasteiger partial charge is 0.550 e. The fourth-order valence-electron chi connectivity index (χ4n) is 5.72. The van der Waals surface area contributed by atoms with E-state index in [0.29, 0.717) is 0 Å². The molecule has 5 heteroatoms. The third kappa shape index (κ3) is 83.3. The number of hydrogen-bond acceptors (Lipinski definition) is 4. The molecule has 0 aliphatic carbocycles. The van der Waals surface area contributed by atoms with E-state index in [-0.39, 0.29) is 36.7 Å². The molecule has 0 atom stereocenters. The summed E-state index contributed by atoms with van der Waals surface area (Å²) in [5.41, 5.74) is 0. The van der Waals surface area contributed by atoms with Gasteiger partial charge in [0.05, 0.1) is 0 Å². The van der Waals surface area contributed by atoms with Crippen molar-refractivity contribution in [1.82, 2.24) is 0 Å². The fraction of sp³-hybridized carbons (Fsp3) is 0.769. The van der Waals surface area contributed by atoms with Gasteiger partial charge >= 0.3 is 23.9 Å². The Bertz CT molecular complexity index is 752. The molecule has 0 unspecified atom stereocenters. The van der Waals surface area contributed by atoms with Crippen molar-refractivity contribution in [1.29, 1.82) is 0 Å². The minimum absolute atomic E-state index is 0. The molecule has 0 aliphatic heterocycles. The van der Waals surface area contributed by atoms with Gasteiger partial charge in [-0.15, -0.1) is 0 Å². The van der Waals surface area contributed by atoms with Crippen molar-refractivity contribution in [3.63, 3.8) is 0 Å². The van der Waals surface area contributed by atoms with Gasteiger partial charge in [-0.05, 0) is 89.9 Å². The summed E-state index contributed by atoms with van der Waals surface area (Å²) in [7, 11) is 0. The van der Waals surface area contributed by atoms with Gasteiger partial charge in [0.15, 0.2) is 0 Å². The van der Waals surface area contributed by atoms with E-state index in [4.69, 9.17) is 0 Å². The van der Waals surface area contributed by atoms with Crippen LogP contribution in [0.5, 0.6) is 0 Å². The molecule has 0 spiro atoms. The maximum absolute atomic E-state index is 10.2. The minimum Gasteiger partial charge on any atom is -0.550 e. The van der Waals surface area contributed by atoms with Crippen LogP contribution in [-0.2, 0) is 9.59 Å². The van der Waals surface area contributed by atoms with Crippen LogP contribution < -0.4 is 10.2 Å². The molecule has 0 rings (SSSR count). The molecule has 0 aromatic rings. The number of unbranched alkanes of at least 4 members (excludes halogenated alkanes) is 26. The summed E-state index contributed by atoms with van der Waals surface area (Å²) in [5.74, 6) is -1.84. The minimum atomic E-state index is -0.921. The van der Waals surface area contributed by atoms with Gasteiger partial charge in [-0.3, -0.25) is 0 Å². The second-order valence-electron chi connectivity index (χ2n) is 15.2. The van der Waals surface area contributed by atoms with Crippen LogP contribution in [0.4, 0.5) is 0 Å². The van der Waals surface area contributed by atoms with Crippen molar-refractivity contribution in [3.05, 3.63) is 62.5 Å². The first-order valence-electron chi connectivity index (χ1n) is 24.0. The van der Waals surface area contributed by atoms with Gasteiger partial charge in [-0.2, -0.15) is 0 Å². The number of carboxylic acid groups (broad SMARTS) is 2. The Kier molecular flexibility index (Phi) is 75.6. The maximum atomic E-state index is 10.2. The van der Waals surface area contributed by atoms with Crippen molar-refractivity contribution >= 4 is 35.8 Å². The Balaban J connectivity index is -0.000000228. The van der Waals surface area contributed by atoms with Crippen molar-refractivity contribution in [3.8, 4) is 0 Å². The Morgan fingerprint density at radius 3 is 0.860 bits per heavy atom. The summed E-state index contributed by atoms with van der Waals surface area (Å²) in [6.07, 6.45) is 59.8. The number of hydrogen-bond donors (Lipinski definition) is 0. The summed E-state index contributed by atoms with van der Waals surface area (Å²) in [6.45, 7) is 16.5. The molecule has 4 radical (unpaired) electrons. The molecule has 0 aliphatic rings. The molecule has 0 saturated heterocycles. The van der Waals surface area contributed by atoms with Crippen LogP contribution in [0.25, 0.3) is 0 Å². The molecule has 0 saturated carbocycles. The van der Waals surface area contributed by atoms with E-state index in [1.54, 1.807) is 0 Å². The molecular formula is C52H96O4Sn. The molecule has 0 aromatic carbocycles. The average Bonchev–Trinajstić information content (AvgIpc) is 3.19. The second kappa shape index (κ2) is 66.5. The normalized spacial score (nSPS) is 10.9. The molecule has 0 fully saturated rings. The summed E-state index contributed by atoms with van der Waals surface area (Å²) in [5, 5.41) is 20.4. The van der Waals surface area contributed by atoms with E-state index in [1.165, 1.54) is 141 Å². The number of aliphatic carboxylic acids is 2. The van der Waals surface area contributed by atoms with E-state index in [9.17, 15) is 19.8 Å². The van der Waals surface area contributed by atoms with E-state index in [2.05, 4.69) is 90.2 Å². The zero-order chi connectivity index (χ0) is 42.3. The van der Waals surface area contributed by atoms with Gasteiger partial charge in [-0.1, -0.05) is 231 Å². The number of carboxylic acids is 2. The van der Waals surface area contributed by atoms with E-state index < -0.39 is 11.9 Å². The van der Waals surface area contributed by atoms with Crippen molar-refractivity contribution in [2.75, 3.05) is 0 Å². The van der Waals surface area contributed by atoms with Gasteiger partial charge in [0.25, 0.3) is 0 Å². The number of carbonyl (C=O) groups excluding carboxylic acids is 2. The van der Waals surface area contributed by atoms with Gasteiger partial charge in [0.2, 0.25) is 0 Å². The molecule has 4 nitrogen and oxygen atoms in total. The van der Waals surface area contributed by atoms with E-state index in [1.807, 2.05) is 0 Å². The predicted octanol–water partition coefficient (Wildman–Crippen LogP) is 15.1.